The molecule has 0 unspecified atom stereocenters. The lowest BCUT2D eigenvalue weighted by atomic mass is 10.2. The Morgan fingerprint density at radius 3 is 2.54 bits per heavy atom. The fourth-order valence-electron chi connectivity index (χ4n) is 2.86. The Hall–Kier alpha value is -2.90. The Morgan fingerprint density at radius 1 is 1.00 bits per heavy atom. The Morgan fingerprint density at radius 2 is 1.82 bits per heavy atom. The van der Waals surface area contributed by atoms with Crippen LogP contribution in [0.25, 0.3) is 9.88 Å². The van der Waals surface area contributed by atoms with Gasteiger partial charge < -0.3 is 4.90 Å². The van der Waals surface area contributed by atoms with Crippen LogP contribution in [0.2, 0.25) is 0 Å². The van der Waals surface area contributed by atoms with E-state index in [1.807, 2.05) is 53.6 Å². The Balaban J connectivity index is 1.64. The van der Waals surface area contributed by atoms with E-state index < -0.39 is 0 Å². The Bertz CT molecular complexity index is 1010. The van der Waals surface area contributed by atoms with Crippen molar-refractivity contribution in [2.24, 2.45) is 0 Å². The van der Waals surface area contributed by atoms with Crippen molar-refractivity contribution in [3.05, 3.63) is 88.3 Å². The summed E-state index contributed by atoms with van der Waals surface area (Å²) in [6.45, 7) is 2.89. The minimum Gasteiger partial charge on any atom is -0.329 e. The molecule has 0 saturated carbocycles. The van der Waals surface area contributed by atoms with Crippen molar-refractivity contribution in [3.63, 3.8) is 0 Å². The highest BCUT2D eigenvalue weighted by atomic mass is 32.1. The van der Waals surface area contributed by atoms with Gasteiger partial charge in [-0.15, -0.1) is 22.7 Å². The Kier molecular flexibility index (Phi) is 5.55. The first-order valence-corrected chi connectivity index (χ1v) is 10.5. The van der Waals surface area contributed by atoms with Crippen molar-refractivity contribution in [3.8, 4) is 9.88 Å². The summed E-state index contributed by atoms with van der Waals surface area (Å²) in [5, 5.41) is 2.91. The molecule has 1 amide bonds. The van der Waals surface area contributed by atoms with Crippen LogP contribution >= 0.6 is 22.7 Å². The molecule has 0 spiro atoms. The fraction of sp³-hybridized carbons (Fsp3) is 0.143. The number of carbonyl (C=O) groups excluding carboxylic acids is 1. The van der Waals surface area contributed by atoms with Crippen LogP contribution in [0, 0.1) is 6.92 Å². The largest absolute Gasteiger partial charge is 0.329 e. The molecule has 0 atom stereocenters. The molecular formula is C21H18N4OS2. The van der Waals surface area contributed by atoms with E-state index in [1.54, 1.807) is 36.1 Å². The van der Waals surface area contributed by atoms with E-state index >= 15 is 0 Å². The van der Waals surface area contributed by atoms with Gasteiger partial charge in [-0.3, -0.25) is 14.8 Å². The third-order valence-electron chi connectivity index (χ3n) is 4.23. The molecule has 0 aliphatic heterocycles. The van der Waals surface area contributed by atoms with Crippen molar-refractivity contribution < 1.29 is 4.79 Å². The van der Waals surface area contributed by atoms with E-state index in [9.17, 15) is 4.79 Å². The van der Waals surface area contributed by atoms with Crippen LogP contribution < -0.4 is 0 Å². The maximum atomic E-state index is 13.4. The molecule has 0 aliphatic carbocycles. The number of hydrogen-bond acceptors (Lipinski definition) is 6. The van der Waals surface area contributed by atoms with E-state index in [-0.39, 0.29) is 5.91 Å². The highest BCUT2D eigenvalue weighted by Gasteiger charge is 2.23. The van der Waals surface area contributed by atoms with Crippen LogP contribution in [0.1, 0.15) is 26.5 Å². The number of carbonyl (C=O) groups is 1. The molecule has 5 nitrogen and oxygen atoms in total. The number of rotatable bonds is 6. The molecule has 140 valence electrons. The summed E-state index contributed by atoms with van der Waals surface area (Å²) in [6, 6.07) is 11.8. The second-order valence-electron chi connectivity index (χ2n) is 6.29. The van der Waals surface area contributed by atoms with Gasteiger partial charge in [-0.05, 0) is 47.7 Å². The van der Waals surface area contributed by atoms with Crippen molar-refractivity contribution in [1.29, 1.82) is 0 Å². The van der Waals surface area contributed by atoms with Gasteiger partial charge in [-0.1, -0.05) is 12.1 Å². The minimum atomic E-state index is -0.0153. The number of pyridine rings is 2. The van der Waals surface area contributed by atoms with Gasteiger partial charge in [0.25, 0.3) is 5.91 Å². The second kappa shape index (κ2) is 8.41. The summed E-state index contributed by atoms with van der Waals surface area (Å²) < 4.78 is 0. The van der Waals surface area contributed by atoms with Gasteiger partial charge in [0, 0.05) is 37.9 Å². The van der Waals surface area contributed by atoms with E-state index in [0.29, 0.717) is 18.0 Å². The third kappa shape index (κ3) is 4.16. The first-order valence-electron chi connectivity index (χ1n) is 8.79. The van der Waals surface area contributed by atoms with Crippen LogP contribution in [0.4, 0.5) is 0 Å². The summed E-state index contributed by atoms with van der Waals surface area (Å²) in [5.41, 5.74) is 2.79. The van der Waals surface area contributed by atoms with Crippen molar-refractivity contribution in [2.45, 2.75) is 20.0 Å². The lowest BCUT2D eigenvalue weighted by Gasteiger charge is -2.22. The number of hydrogen-bond donors (Lipinski definition) is 0. The molecule has 4 aromatic heterocycles. The number of thiophene rings is 1. The molecule has 0 saturated heterocycles. The molecule has 4 aromatic rings. The number of amides is 1. The lowest BCUT2D eigenvalue weighted by Crippen LogP contribution is -2.30. The number of aromatic nitrogens is 3. The molecule has 0 fully saturated rings. The van der Waals surface area contributed by atoms with Gasteiger partial charge >= 0.3 is 0 Å². The summed E-state index contributed by atoms with van der Waals surface area (Å²) in [6.07, 6.45) is 7.02. The molecule has 0 bridgehead atoms. The van der Waals surface area contributed by atoms with Gasteiger partial charge in [0.2, 0.25) is 0 Å². The van der Waals surface area contributed by atoms with Crippen LogP contribution in [0.3, 0.4) is 0 Å². The normalized spacial score (nSPS) is 10.8. The molecule has 28 heavy (non-hydrogen) atoms. The quantitative estimate of drug-likeness (QED) is 0.461. The molecule has 0 aromatic carbocycles. The van der Waals surface area contributed by atoms with Crippen LogP contribution in [0.5, 0.6) is 0 Å². The summed E-state index contributed by atoms with van der Waals surface area (Å²) in [7, 11) is 0. The number of nitrogens with zero attached hydrogens (tertiary/aromatic N) is 4. The van der Waals surface area contributed by atoms with E-state index in [0.717, 1.165) is 26.7 Å². The average molecular weight is 407 g/mol. The van der Waals surface area contributed by atoms with Gasteiger partial charge in [0.15, 0.2) is 0 Å². The number of aryl methyl sites for hydroxylation is 1. The first-order chi connectivity index (χ1) is 13.7. The highest BCUT2D eigenvalue weighted by Crippen LogP contribution is 2.32. The van der Waals surface area contributed by atoms with Crippen molar-refractivity contribution in [1.82, 2.24) is 19.9 Å². The van der Waals surface area contributed by atoms with Gasteiger partial charge in [-0.25, -0.2) is 4.98 Å². The predicted octanol–water partition coefficient (Wildman–Crippen LogP) is 4.81. The van der Waals surface area contributed by atoms with Crippen molar-refractivity contribution in [2.75, 3.05) is 0 Å². The maximum Gasteiger partial charge on any atom is 0.266 e. The highest BCUT2D eigenvalue weighted by molar-refractivity contribution is 7.22. The lowest BCUT2D eigenvalue weighted by molar-refractivity contribution is 0.0734. The van der Waals surface area contributed by atoms with E-state index in [4.69, 9.17) is 0 Å². The smallest absolute Gasteiger partial charge is 0.266 e. The number of thiazole rings is 1. The summed E-state index contributed by atoms with van der Waals surface area (Å²) in [5.74, 6) is -0.0153. The predicted molar refractivity (Wildman–Crippen MR) is 112 cm³/mol. The molecule has 7 heteroatoms. The first kappa shape index (κ1) is 18.5. The van der Waals surface area contributed by atoms with Gasteiger partial charge in [0.1, 0.15) is 9.88 Å². The summed E-state index contributed by atoms with van der Waals surface area (Å²) in [4.78, 5) is 29.9. The monoisotopic (exact) mass is 406 g/mol. The topological polar surface area (TPSA) is 59.0 Å². The molecule has 0 radical (unpaired) electrons. The fourth-order valence-corrected chi connectivity index (χ4v) is 4.70. The molecule has 4 rings (SSSR count). The van der Waals surface area contributed by atoms with E-state index in [1.165, 1.54) is 11.3 Å². The summed E-state index contributed by atoms with van der Waals surface area (Å²) >= 11 is 3.09. The molecule has 0 N–H and O–H groups in total. The average Bonchev–Trinajstić information content (AvgIpc) is 3.38. The third-order valence-corrected chi connectivity index (χ3v) is 6.41. The van der Waals surface area contributed by atoms with Gasteiger partial charge in [-0.2, -0.15) is 0 Å². The SMILES string of the molecule is Cc1nc(-c2cccs2)sc1C(=O)N(Cc1ccncc1)Cc1cccnc1. The van der Waals surface area contributed by atoms with E-state index in [2.05, 4.69) is 15.0 Å². The molecule has 0 aliphatic rings. The molecule has 4 heterocycles. The van der Waals surface area contributed by atoms with Crippen molar-refractivity contribution >= 4 is 28.6 Å². The zero-order valence-electron chi connectivity index (χ0n) is 15.3. The minimum absolute atomic E-state index is 0.0153. The standard InChI is InChI=1S/C21H18N4OS2/c1-15-19(28-20(24-15)18-5-3-11-27-18)21(26)25(13-16-6-9-22-10-7-16)14-17-4-2-8-23-12-17/h2-12H,13-14H2,1H3. The van der Waals surface area contributed by atoms with Crippen LogP contribution in [-0.2, 0) is 13.1 Å². The molecular weight excluding hydrogens is 388 g/mol. The zero-order chi connectivity index (χ0) is 19.3. The second-order valence-corrected chi connectivity index (χ2v) is 8.24. The van der Waals surface area contributed by atoms with Crippen LogP contribution in [0.15, 0.2) is 66.6 Å². The Labute approximate surface area is 171 Å². The van der Waals surface area contributed by atoms with Crippen LogP contribution in [-0.4, -0.2) is 25.8 Å². The van der Waals surface area contributed by atoms with Gasteiger partial charge in [0.05, 0.1) is 10.6 Å². The zero-order valence-corrected chi connectivity index (χ0v) is 16.9. The maximum absolute atomic E-state index is 13.4.